The highest BCUT2D eigenvalue weighted by atomic mass is 35.5. The molecule has 2 rings (SSSR count). The zero-order chi connectivity index (χ0) is 14.0. The Morgan fingerprint density at radius 3 is 2.74 bits per heavy atom. The van der Waals surface area contributed by atoms with E-state index >= 15 is 0 Å². The first kappa shape index (κ1) is 13.1. The second kappa shape index (κ2) is 5.11. The largest absolute Gasteiger partial charge is 0.437 e. The lowest BCUT2D eigenvalue weighted by atomic mass is 10.2. The fourth-order valence-electron chi connectivity index (χ4n) is 1.39. The van der Waals surface area contributed by atoms with Crippen LogP contribution in [0, 0.1) is 5.82 Å². The zero-order valence-corrected chi connectivity index (χ0v) is 10.3. The summed E-state index contributed by atoms with van der Waals surface area (Å²) >= 11 is 5.80. The first-order chi connectivity index (χ1) is 8.97. The van der Waals surface area contributed by atoms with E-state index in [0.29, 0.717) is 0 Å². The van der Waals surface area contributed by atoms with E-state index < -0.39 is 11.7 Å². The number of anilines is 1. The van der Waals surface area contributed by atoms with Gasteiger partial charge in [-0.15, -0.1) is 0 Å². The molecular weight excluding hydrogens is 273 g/mol. The second-order valence-corrected chi connectivity index (χ2v) is 4.06. The summed E-state index contributed by atoms with van der Waals surface area (Å²) in [6.45, 7) is 0. The molecule has 1 aromatic carbocycles. The van der Waals surface area contributed by atoms with Gasteiger partial charge in [-0.2, -0.15) is 0 Å². The monoisotopic (exact) mass is 281 g/mol. The summed E-state index contributed by atoms with van der Waals surface area (Å²) in [6, 6.07) is 4.92. The molecule has 1 heterocycles. The number of primary amides is 1. The fourth-order valence-corrected chi connectivity index (χ4v) is 1.59. The van der Waals surface area contributed by atoms with Crippen LogP contribution in [0.1, 0.15) is 10.4 Å². The van der Waals surface area contributed by atoms with Crippen LogP contribution >= 0.6 is 11.6 Å². The van der Waals surface area contributed by atoms with Crippen molar-refractivity contribution in [3.8, 4) is 11.6 Å². The Labute approximate surface area is 112 Å². The van der Waals surface area contributed by atoms with E-state index in [4.69, 9.17) is 27.8 Å². The number of benzene rings is 1. The van der Waals surface area contributed by atoms with Gasteiger partial charge in [0.25, 0.3) is 5.91 Å². The molecule has 0 saturated heterocycles. The third-order valence-corrected chi connectivity index (χ3v) is 2.58. The lowest BCUT2D eigenvalue weighted by molar-refractivity contribution is 0.100. The number of nitrogens with zero attached hydrogens (tertiary/aromatic N) is 1. The number of hydrogen-bond donors (Lipinski definition) is 2. The maximum atomic E-state index is 12.9. The van der Waals surface area contributed by atoms with E-state index in [-0.39, 0.29) is 27.9 Å². The molecule has 7 heteroatoms. The number of nitrogen functional groups attached to an aromatic ring is 1. The van der Waals surface area contributed by atoms with Crippen molar-refractivity contribution < 1.29 is 13.9 Å². The average molecular weight is 282 g/mol. The predicted molar refractivity (Wildman–Crippen MR) is 68.7 cm³/mol. The van der Waals surface area contributed by atoms with Gasteiger partial charge in [-0.05, 0) is 18.2 Å². The molecule has 0 aliphatic heterocycles. The minimum Gasteiger partial charge on any atom is -0.437 e. The number of amides is 1. The number of aromatic nitrogens is 1. The lowest BCUT2D eigenvalue weighted by Crippen LogP contribution is -2.13. The van der Waals surface area contributed by atoms with Crippen molar-refractivity contribution in [1.29, 1.82) is 0 Å². The van der Waals surface area contributed by atoms with Gasteiger partial charge < -0.3 is 16.2 Å². The van der Waals surface area contributed by atoms with E-state index in [1.165, 1.54) is 24.4 Å². The predicted octanol–water partition coefficient (Wildman–Crippen LogP) is 2.35. The molecule has 5 nitrogen and oxygen atoms in total. The topological polar surface area (TPSA) is 91.2 Å². The quantitative estimate of drug-likeness (QED) is 0.903. The third kappa shape index (κ3) is 2.92. The number of ether oxygens (including phenoxy) is 1. The normalized spacial score (nSPS) is 10.2. The summed E-state index contributed by atoms with van der Waals surface area (Å²) < 4.78 is 18.2. The molecular formula is C12H9ClFN3O2. The van der Waals surface area contributed by atoms with Gasteiger partial charge in [-0.25, -0.2) is 9.37 Å². The highest BCUT2D eigenvalue weighted by Crippen LogP contribution is 2.29. The zero-order valence-electron chi connectivity index (χ0n) is 9.56. The molecule has 4 N–H and O–H groups in total. The van der Waals surface area contributed by atoms with Crippen molar-refractivity contribution in [2.75, 3.05) is 5.73 Å². The van der Waals surface area contributed by atoms with Crippen LogP contribution < -0.4 is 16.2 Å². The van der Waals surface area contributed by atoms with Gasteiger partial charge >= 0.3 is 0 Å². The Balaban J connectivity index is 2.33. The molecule has 0 atom stereocenters. The van der Waals surface area contributed by atoms with Crippen LogP contribution in [-0.4, -0.2) is 10.9 Å². The number of carbonyl (C=O) groups is 1. The van der Waals surface area contributed by atoms with Gasteiger partial charge in [0.15, 0.2) is 0 Å². The van der Waals surface area contributed by atoms with Gasteiger partial charge in [-0.3, -0.25) is 4.79 Å². The van der Waals surface area contributed by atoms with Crippen LogP contribution in [-0.2, 0) is 0 Å². The molecule has 98 valence electrons. The van der Waals surface area contributed by atoms with Crippen molar-refractivity contribution in [2.24, 2.45) is 5.73 Å². The molecule has 0 saturated carbocycles. The molecule has 0 unspecified atom stereocenters. The van der Waals surface area contributed by atoms with E-state index in [1.807, 2.05) is 0 Å². The van der Waals surface area contributed by atoms with Crippen LogP contribution in [0.25, 0.3) is 0 Å². The Bertz CT molecular complexity index is 649. The summed E-state index contributed by atoms with van der Waals surface area (Å²) in [5.41, 5.74) is 10.9. The first-order valence-corrected chi connectivity index (χ1v) is 5.53. The molecule has 2 aromatic rings. The van der Waals surface area contributed by atoms with Gasteiger partial charge in [0.1, 0.15) is 11.6 Å². The third-order valence-electron chi connectivity index (χ3n) is 2.28. The van der Waals surface area contributed by atoms with E-state index in [9.17, 15) is 9.18 Å². The molecule has 0 radical (unpaired) electrons. The second-order valence-electron chi connectivity index (χ2n) is 3.65. The molecule has 0 fully saturated rings. The Morgan fingerprint density at radius 2 is 2.11 bits per heavy atom. The number of carbonyl (C=O) groups excluding carboxylic acids is 1. The number of halogens is 2. The average Bonchev–Trinajstić information content (AvgIpc) is 2.34. The van der Waals surface area contributed by atoms with Gasteiger partial charge in [0, 0.05) is 6.07 Å². The molecule has 19 heavy (non-hydrogen) atoms. The highest BCUT2D eigenvalue weighted by Gasteiger charge is 2.11. The minimum atomic E-state index is -0.699. The molecule has 0 spiro atoms. The van der Waals surface area contributed by atoms with E-state index in [1.54, 1.807) is 0 Å². The summed E-state index contributed by atoms with van der Waals surface area (Å²) in [6.07, 6.45) is 1.24. The number of pyridine rings is 1. The summed E-state index contributed by atoms with van der Waals surface area (Å²) in [5, 5.41) is 0.0826. The molecule has 0 bridgehead atoms. The van der Waals surface area contributed by atoms with Crippen molar-refractivity contribution >= 4 is 23.2 Å². The Morgan fingerprint density at radius 1 is 1.37 bits per heavy atom. The Hall–Kier alpha value is -2.34. The SMILES string of the molecule is NC(=O)c1cc(Oc2ccc(F)cc2Cl)ncc1N. The smallest absolute Gasteiger partial charge is 0.251 e. The van der Waals surface area contributed by atoms with E-state index in [0.717, 1.165) is 6.07 Å². The molecule has 1 amide bonds. The highest BCUT2D eigenvalue weighted by molar-refractivity contribution is 6.32. The number of nitrogens with two attached hydrogens (primary N) is 2. The van der Waals surface area contributed by atoms with Crippen LogP contribution in [0.15, 0.2) is 30.5 Å². The number of hydrogen-bond acceptors (Lipinski definition) is 4. The van der Waals surface area contributed by atoms with Gasteiger partial charge in [0.2, 0.25) is 5.88 Å². The van der Waals surface area contributed by atoms with Crippen molar-refractivity contribution in [3.05, 3.63) is 46.9 Å². The Kier molecular flexibility index (Phi) is 3.52. The summed E-state index contributed by atoms with van der Waals surface area (Å²) in [5.74, 6) is -0.900. The van der Waals surface area contributed by atoms with Crippen LogP contribution in [0.4, 0.5) is 10.1 Å². The standard InChI is InChI=1S/C12H9ClFN3O2/c13-8-3-6(14)1-2-10(8)19-11-4-7(12(16)18)9(15)5-17-11/h1-5H,15H2,(H2,16,18). The minimum absolute atomic E-state index is 0.0801. The van der Waals surface area contributed by atoms with E-state index in [2.05, 4.69) is 4.98 Å². The molecule has 0 aliphatic rings. The summed E-state index contributed by atoms with van der Waals surface area (Å²) in [4.78, 5) is 15.0. The number of rotatable bonds is 3. The maximum Gasteiger partial charge on any atom is 0.251 e. The fraction of sp³-hybridized carbons (Fsp3) is 0. The van der Waals surface area contributed by atoms with Crippen LogP contribution in [0.5, 0.6) is 11.6 Å². The van der Waals surface area contributed by atoms with Crippen molar-refractivity contribution in [3.63, 3.8) is 0 Å². The van der Waals surface area contributed by atoms with Crippen molar-refractivity contribution in [2.45, 2.75) is 0 Å². The first-order valence-electron chi connectivity index (χ1n) is 5.15. The summed E-state index contributed by atoms with van der Waals surface area (Å²) in [7, 11) is 0. The van der Waals surface area contributed by atoms with Gasteiger partial charge in [-0.1, -0.05) is 11.6 Å². The molecule has 1 aromatic heterocycles. The van der Waals surface area contributed by atoms with Crippen LogP contribution in [0.3, 0.4) is 0 Å². The van der Waals surface area contributed by atoms with Crippen LogP contribution in [0.2, 0.25) is 5.02 Å². The lowest BCUT2D eigenvalue weighted by Gasteiger charge is -2.08. The van der Waals surface area contributed by atoms with Gasteiger partial charge in [0.05, 0.1) is 22.5 Å². The maximum absolute atomic E-state index is 12.9. The van der Waals surface area contributed by atoms with Crippen molar-refractivity contribution in [1.82, 2.24) is 4.98 Å². The molecule has 0 aliphatic carbocycles.